The van der Waals surface area contributed by atoms with Gasteiger partial charge >= 0.3 is 0 Å². The number of aromatic amines is 1. The molecule has 5 nitrogen and oxygen atoms in total. The zero-order chi connectivity index (χ0) is 19.0. The van der Waals surface area contributed by atoms with Gasteiger partial charge in [0.05, 0.1) is 21.1 Å². The molecule has 4 rings (SSSR count). The highest BCUT2D eigenvalue weighted by Crippen LogP contribution is 2.32. The maximum absolute atomic E-state index is 13.0. The van der Waals surface area contributed by atoms with Crippen molar-refractivity contribution in [1.82, 2.24) is 10.2 Å². The number of sulfonamides is 1. The van der Waals surface area contributed by atoms with Gasteiger partial charge in [0.1, 0.15) is 11.5 Å². The van der Waals surface area contributed by atoms with Crippen molar-refractivity contribution in [2.45, 2.75) is 4.90 Å². The molecule has 1 heterocycles. The number of hydrogen-bond donors (Lipinski definition) is 2. The van der Waals surface area contributed by atoms with E-state index in [1.807, 2.05) is 18.2 Å². The molecule has 0 aliphatic rings. The van der Waals surface area contributed by atoms with Gasteiger partial charge in [-0.05, 0) is 48.5 Å². The number of nitrogens with zero attached hydrogens (tertiary/aromatic N) is 1. The molecule has 3 aromatic carbocycles. The molecule has 1 aromatic heterocycles. The summed E-state index contributed by atoms with van der Waals surface area (Å²) in [6.45, 7) is 0. The van der Waals surface area contributed by atoms with Gasteiger partial charge in [-0.25, -0.2) is 12.8 Å². The molecule has 0 saturated heterocycles. The minimum atomic E-state index is -3.82. The molecule has 0 spiro atoms. The van der Waals surface area contributed by atoms with Crippen LogP contribution >= 0.6 is 11.6 Å². The van der Waals surface area contributed by atoms with Gasteiger partial charge in [-0.1, -0.05) is 29.8 Å². The van der Waals surface area contributed by atoms with Crippen molar-refractivity contribution >= 4 is 38.2 Å². The Bertz CT molecular complexity index is 1240. The normalized spacial score (nSPS) is 11.6. The van der Waals surface area contributed by atoms with E-state index in [9.17, 15) is 12.8 Å². The Kier molecular flexibility index (Phi) is 4.33. The van der Waals surface area contributed by atoms with Gasteiger partial charge in [-0.15, -0.1) is 0 Å². The first-order chi connectivity index (χ1) is 12.9. The number of halogens is 2. The standard InChI is InChI=1S/C19H13ClFN3O2S/c20-17-4-2-1-3-15(17)19-16-10-7-13(11-18(16)22-23-19)24-27(25,26)14-8-5-12(21)6-9-14/h1-11,24H,(H,22,23). The van der Waals surface area contributed by atoms with E-state index in [0.29, 0.717) is 21.9 Å². The predicted octanol–water partition coefficient (Wildman–Crippen LogP) is 4.82. The molecule has 136 valence electrons. The van der Waals surface area contributed by atoms with Crippen LogP contribution in [0.25, 0.3) is 22.2 Å². The maximum atomic E-state index is 13.0. The lowest BCUT2D eigenvalue weighted by atomic mass is 10.1. The number of H-pyrrole nitrogens is 1. The average molecular weight is 402 g/mol. The van der Waals surface area contributed by atoms with Crippen molar-refractivity contribution < 1.29 is 12.8 Å². The summed E-state index contributed by atoms with van der Waals surface area (Å²) in [6, 6.07) is 17.0. The SMILES string of the molecule is O=S(=O)(Nc1ccc2c(-c3ccccc3Cl)n[nH]c2c1)c1ccc(F)cc1. The number of rotatable bonds is 4. The summed E-state index contributed by atoms with van der Waals surface area (Å²) in [4.78, 5) is -0.0228. The van der Waals surface area contributed by atoms with Crippen LogP contribution in [0.2, 0.25) is 5.02 Å². The largest absolute Gasteiger partial charge is 0.280 e. The lowest BCUT2D eigenvalue weighted by Gasteiger charge is -2.08. The van der Waals surface area contributed by atoms with Gasteiger partial charge in [0.15, 0.2) is 0 Å². The fourth-order valence-corrected chi connectivity index (χ4v) is 4.04. The van der Waals surface area contributed by atoms with Crippen LogP contribution in [-0.4, -0.2) is 18.6 Å². The van der Waals surface area contributed by atoms with Crippen molar-refractivity contribution in [3.05, 3.63) is 77.6 Å². The van der Waals surface area contributed by atoms with E-state index in [1.54, 1.807) is 24.3 Å². The Balaban J connectivity index is 1.69. The summed E-state index contributed by atoms with van der Waals surface area (Å²) in [5.74, 6) is -0.500. The average Bonchev–Trinajstić information content (AvgIpc) is 3.05. The molecule has 0 atom stereocenters. The van der Waals surface area contributed by atoms with Crippen molar-refractivity contribution in [3.8, 4) is 11.3 Å². The van der Waals surface area contributed by atoms with Gasteiger partial charge < -0.3 is 0 Å². The van der Waals surface area contributed by atoms with Crippen LogP contribution in [0.4, 0.5) is 10.1 Å². The highest BCUT2D eigenvalue weighted by Gasteiger charge is 2.16. The van der Waals surface area contributed by atoms with Crippen LogP contribution in [0.5, 0.6) is 0 Å². The van der Waals surface area contributed by atoms with Crippen LogP contribution in [0.1, 0.15) is 0 Å². The molecule has 27 heavy (non-hydrogen) atoms. The molecule has 0 radical (unpaired) electrons. The summed E-state index contributed by atoms with van der Waals surface area (Å²) < 4.78 is 40.4. The number of anilines is 1. The number of nitrogens with one attached hydrogen (secondary N) is 2. The van der Waals surface area contributed by atoms with Gasteiger partial charge in [0.2, 0.25) is 0 Å². The third-order valence-corrected chi connectivity index (χ3v) is 5.79. The van der Waals surface area contributed by atoms with Crippen LogP contribution < -0.4 is 4.72 Å². The van der Waals surface area contributed by atoms with E-state index in [2.05, 4.69) is 14.9 Å². The quantitative estimate of drug-likeness (QED) is 0.514. The number of aromatic nitrogens is 2. The Morgan fingerprint density at radius 3 is 2.48 bits per heavy atom. The van der Waals surface area contributed by atoms with Crippen LogP contribution in [0, 0.1) is 5.82 Å². The van der Waals surface area contributed by atoms with Crippen molar-refractivity contribution in [3.63, 3.8) is 0 Å². The third-order valence-electron chi connectivity index (χ3n) is 4.07. The number of fused-ring (bicyclic) bond motifs is 1. The molecule has 0 aliphatic carbocycles. The monoisotopic (exact) mass is 401 g/mol. The lowest BCUT2D eigenvalue weighted by molar-refractivity contribution is 0.599. The van der Waals surface area contributed by atoms with Gasteiger partial charge in [0, 0.05) is 10.9 Å². The molecule has 4 aromatic rings. The maximum Gasteiger partial charge on any atom is 0.261 e. The van der Waals surface area contributed by atoms with E-state index in [-0.39, 0.29) is 4.90 Å². The van der Waals surface area contributed by atoms with E-state index in [4.69, 9.17) is 11.6 Å². The molecule has 2 N–H and O–H groups in total. The number of benzene rings is 3. The first-order valence-corrected chi connectivity index (χ1v) is 9.81. The number of hydrogen-bond acceptors (Lipinski definition) is 3. The predicted molar refractivity (Wildman–Crippen MR) is 104 cm³/mol. The van der Waals surface area contributed by atoms with E-state index >= 15 is 0 Å². The van der Waals surface area contributed by atoms with Crippen LogP contribution in [0.15, 0.2) is 71.6 Å². The highest BCUT2D eigenvalue weighted by atomic mass is 35.5. The van der Waals surface area contributed by atoms with Gasteiger partial charge in [0.25, 0.3) is 10.0 Å². The van der Waals surface area contributed by atoms with Gasteiger partial charge in [-0.2, -0.15) is 5.10 Å². The van der Waals surface area contributed by atoms with Gasteiger partial charge in [-0.3, -0.25) is 9.82 Å². The fraction of sp³-hybridized carbons (Fsp3) is 0. The molecule has 0 bridgehead atoms. The Morgan fingerprint density at radius 1 is 1.00 bits per heavy atom. The lowest BCUT2D eigenvalue weighted by Crippen LogP contribution is -2.12. The van der Waals surface area contributed by atoms with Crippen LogP contribution in [0.3, 0.4) is 0 Å². The Morgan fingerprint density at radius 2 is 1.74 bits per heavy atom. The summed E-state index contributed by atoms with van der Waals surface area (Å²) in [7, 11) is -3.82. The smallest absolute Gasteiger partial charge is 0.261 e. The second-order valence-corrected chi connectivity index (χ2v) is 7.96. The van der Waals surface area contributed by atoms with Crippen molar-refractivity contribution in [2.75, 3.05) is 4.72 Å². The summed E-state index contributed by atoms with van der Waals surface area (Å²) in [6.07, 6.45) is 0. The minimum Gasteiger partial charge on any atom is -0.280 e. The molecular formula is C19H13ClFN3O2S. The summed E-state index contributed by atoms with van der Waals surface area (Å²) >= 11 is 6.24. The van der Waals surface area contributed by atoms with Crippen molar-refractivity contribution in [2.24, 2.45) is 0 Å². The molecule has 0 amide bonds. The van der Waals surface area contributed by atoms with E-state index < -0.39 is 15.8 Å². The Hall–Kier alpha value is -2.90. The van der Waals surface area contributed by atoms with Crippen molar-refractivity contribution in [1.29, 1.82) is 0 Å². The molecular weight excluding hydrogens is 389 g/mol. The second-order valence-electron chi connectivity index (χ2n) is 5.87. The molecule has 0 aliphatic heterocycles. The third kappa shape index (κ3) is 3.39. The first kappa shape index (κ1) is 17.5. The molecule has 0 saturated carbocycles. The van der Waals surface area contributed by atoms with E-state index in [1.165, 1.54) is 12.1 Å². The van der Waals surface area contributed by atoms with E-state index in [0.717, 1.165) is 23.1 Å². The molecule has 0 fully saturated rings. The zero-order valence-corrected chi connectivity index (χ0v) is 15.4. The first-order valence-electron chi connectivity index (χ1n) is 7.95. The Labute approximate surface area is 159 Å². The summed E-state index contributed by atoms with van der Waals surface area (Å²) in [5.41, 5.74) is 2.49. The topological polar surface area (TPSA) is 74.8 Å². The fourth-order valence-electron chi connectivity index (χ4n) is 2.77. The highest BCUT2D eigenvalue weighted by molar-refractivity contribution is 7.92. The minimum absolute atomic E-state index is 0.0228. The second kappa shape index (κ2) is 6.68. The molecule has 0 unspecified atom stereocenters. The summed E-state index contributed by atoms with van der Waals surface area (Å²) in [5, 5.41) is 8.59. The van der Waals surface area contributed by atoms with Crippen LogP contribution in [-0.2, 0) is 10.0 Å². The zero-order valence-electron chi connectivity index (χ0n) is 13.8. The molecule has 8 heteroatoms.